The van der Waals surface area contributed by atoms with Gasteiger partial charge in [-0.05, 0) is 64.1 Å². The lowest BCUT2D eigenvalue weighted by molar-refractivity contribution is -0.150. The zero-order valence-corrected chi connectivity index (χ0v) is 13.0. The molecule has 0 aromatic heterocycles. The molecule has 116 valence electrons. The summed E-state index contributed by atoms with van der Waals surface area (Å²) in [7, 11) is 0. The van der Waals surface area contributed by atoms with E-state index in [1.54, 1.807) is 0 Å². The third kappa shape index (κ3) is 3.73. The van der Waals surface area contributed by atoms with Gasteiger partial charge in [0.05, 0.1) is 12.5 Å². The van der Waals surface area contributed by atoms with Crippen LogP contribution in [-0.2, 0) is 9.53 Å². The number of ether oxygens (including phenoxy) is 1. The van der Waals surface area contributed by atoms with Gasteiger partial charge in [0.25, 0.3) is 0 Å². The van der Waals surface area contributed by atoms with E-state index >= 15 is 0 Å². The Kier molecular flexibility index (Phi) is 5.85. The first kappa shape index (κ1) is 15.8. The van der Waals surface area contributed by atoms with Gasteiger partial charge in [-0.1, -0.05) is 13.3 Å². The summed E-state index contributed by atoms with van der Waals surface area (Å²) in [6.45, 7) is 7.58. The summed E-state index contributed by atoms with van der Waals surface area (Å²) in [6.07, 6.45) is 5.74. The van der Waals surface area contributed by atoms with E-state index in [2.05, 4.69) is 11.8 Å². The van der Waals surface area contributed by atoms with E-state index in [1.165, 1.54) is 19.3 Å². The van der Waals surface area contributed by atoms with Gasteiger partial charge in [0.15, 0.2) is 0 Å². The van der Waals surface area contributed by atoms with E-state index in [1.807, 2.05) is 6.92 Å². The highest BCUT2D eigenvalue weighted by molar-refractivity contribution is 5.72. The van der Waals surface area contributed by atoms with Crippen molar-refractivity contribution < 1.29 is 9.53 Å². The molecule has 3 atom stereocenters. The Morgan fingerprint density at radius 2 is 1.95 bits per heavy atom. The highest BCUT2D eigenvalue weighted by Gasteiger charge is 2.35. The van der Waals surface area contributed by atoms with Crippen molar-refractivity contribution in [3.05, 3.63) is 0 Å². The lowest BCUT2D eigenvalue weighted by atomic mass is 9.77. The number of likely N-dealkylation sites (tertiary alicyclic amines) is 1. The second-order valence-corrected chi connectivity index (χ2v) is 6.54. The molecule has 1 saturated heterocycles. The Balaban J connectivity index is 1.87. The molecule has 0 aromatic carbocycles. The van der Waals surface area contributed by atoms with Crippen molar-refractivity contribution in [2.45, 2.75) is 52.0 Å². The number of esters is 1. The largest absolute Gasteiger partial charge is 0.466 e. The van der Waals surface area contributed by atoms with Gasteiger partial charge in [-0.25, -0.2) is 0 Å². The number of hydrogen-bond acceptors (Lipinski definition) is 4. The fourth-order valence-corrected chi connectivity index (χ4v) is 3.86. The van der Waals surface area contributed by atoms with Gasteiger partial charge in [-0.2, -0.15) is 0 Å². The number of piperidine rings is 1. The maximum atomic E-state index is 11.8. The van der Waals surface area contributed by atoms with Crippen molar-refractivity contribution in [3.8, 4) is 0 Å². The maximum absolute atomic E-state index is 11.8. The minimum atomic E-state index is -0.000429. The Bertz CT molecular complexity index is 314. The minimum Gasteiger partial charge on any atom is -0.466 e. The van der Waals surface area contributed by atoms with Gasteiger partial charge in [-0.3, -0.25) is 4.79 Å². The Morgan fingerprint density at radius 3 is 2.55 bits per heavy atom. The average molecular weight is 282 g/mol. The molecule has 1 heterocycles. The highest BCUT2D eigenvalue weighted by atomic mass is 16.5. The number of nitrogens with two attached hydrogens (primary N) is 1. The Morgan fingerprint density at radius 1 is 1.25 bits per heavy atom. The Hall–Kier alpha value is -0.610. The molecule has 1 aliphatic carbocycles. The van der Waals surface area contributed by atoms with Gasteiger partial charge < -0.3 is 15.4 Å². The average Bonchev–Trinajstić information content (AvgIpc) is 2.47. The van der Waals surface area contributed by atoms with Crippen molar-refractivity contribution in [1.82, 2.24) is 4.90 Å². The van der Waals surface area contributed by atoms with Crippen LogP contribution in [0, 0.1) is 17.8 Å². The SMILES string of the molecule is CCOC(=O)C1CCN(C2CC(C)CCC2CN)CC1. The molecule has 0 aromatic rings. The maximum Gasteiger partial charge on any atom is 0.309 e. The number of carbonyl (C=O) groups is 1. The summed E-state index contributed by atoms with van der Waals surface area (Å²) in [6, 6.07) is 0.631. The third-order valence-electron chi connectivity index (χ3n) is 5.14. The molecular formula is C16H30N2O2. The molecule has 1 aliphatic heterocycles. The van der Waals surface area contributed by atoms with Crippen LogP contribution in [0.3, 0.4) is 0 Å². The van der Waals surface area contributed by atoms with Crippen LogP contribution in [0.5, 0.6) is 0 Å². The summed E-state index contributed by atoms with van der Waals surface area (Å²) in [5, 5.41) is 0. The van der Waals surface area contributed by atoms with E-state index in [9.17, 15) is 4.79 Å². The topological polar surface area (TPSA) is 55.6 Å². The fraction of sp³-hybridized carbons (Fsp3) is 0.938. The van der Waals surface area contributed by atoms with Crippen LogP contribution in [0.15, 0.2) is 0 Å². The lowest BCUT2D eigenvalue weighted by Gasteiger charge is -2.44. The van der Waals surface area contributed by atoms with Gasteiger partial charge >= 0.3 is 5.97 Å². The van der Waals surface area contributed by atoms with Crippen molar-refractivity contribution >= 4 is 5.97 Å². The van der Waals surface area contributed by atoms with Crippen molar-refractivity contribution in [2.24, 2.45) is 23.5 Å². The van der Waals surface area contributed by atoms with Crippen LogP contribution in [0.25, 0.3) is 0 Å². The smallest absolute Gasteiger partial charge is 0.309 e. The van der Waals surface area contributed by atoms with Crippen LogP contribution < -0.4 is 5.73 Å². The van der Waals surface area contributed by atoms with Gasteiger partial charge in [0.2, 0.25) is 0 Å². The summed E-state index contributed by atoms with van der Waals surface area (Å²) >= 11 is 0. The number of carbonyl (C=O) groups excluding carboxylic acids is 1. The standard InChI is InChI=1S/C16H30N2O2/c1-3-20-16(19)13-6-8-18(9-7-13)15-10-12(2)4-5-14(15)11-17/h12-15H,3-11,17H2,1-2H3. The van der Waals surface area contributed by atoms with Crippen molar-refractivity contribution in [3.63, 3.8) is 0 Å². The van der Waals surface area contributed by atoms with Crippen LogP contribution >= 0.6 is 0 Å². The molecule has 0 bridgehead atoms. The number of rotatable bonds is 4. The molecule has 4 nitrogen and oxygen atoms in total. The molecule has 0 radical (unpaired) electrons. The summed E-state index contributed by atoms with van der Waals surface area (Å²) in [4.78, 5) is 14.4. The fourth-order valence-electron chi connectivity index (χ4n) is 3.86. The second-order valence-electron chi connectivity index (χ2n) is 6.54. The van der Waals surface area contributed by atoms with Gasteiger partial charge in [-0.15, -0.1) is 0 Å². The molecule has 2 rings (SSSR count). The van der Waals surface area contributed by atoms with E-state index in [0.717, 1.165) is 38.4 Å². The van der Waals surface area contributed by atoms with E-state index in [-0.39, 0.29) is 11.9 Å². The quantitative estimate of drug-likeness (QED) is 0.802. The van der Waals surface area contributed by atoms with Crippen molar-refractivity contribution in [2.75, 3.05) is 26.2 Å². The molecule has 0 spiro atoms. The summed E-state index contributed by atoms with van der Waals surface area (Å²) in [5.41, 5.74) is 5.96. The third-order valence-corrected chi connectivity index (χ3v) is 5.14. The molecular weight excluding hydrogens is 252 g/mol. The van der Waals surface area contributed by atoms with Crippen LogP contribution in [-0.4, -0.2) is 43.2 Å². The Labute approximate surface area is 123 Å². The predicted molar refractivity (Wildman–Crippen MR) is 80.3 cm³/mol. The number of nitrogens with zero attached hydrogens (tertiary/aromatic N) is 1. The lowest BCUT2D eigenvalue weighted by Crippen LogP contribution is -2.50. The van der Waals surface area contributed by atoms with Gasteiger partial charge in [0.1, 0.15) is 0 Å². The monoisotopic (exact) mass is 282 g/mol. The predicted octanol–water partition coefficient (Wildman–Crippen LogP) is 2.02. The molecule has 1 saturated carbocycles. The zero-order chi connectivity index (χ0) is 14.5. The minimum absolute atomic E-state index is 0.000429. The molecule has 2 aliphatic rings. The first-order chi connectivity index (χ1) is 9.65. The van der Waals surface area contributed by atoms with E-state index < -0.39 is 0 Å². The van der Waals surface area contributed by atoms with E-state index in [4.69, 9.17) is 10.5 Å². The normalized spacial score (nSPS) is 33.0. The van der Waals surface area contributed by atoms with E-state index in [0.29, 0.717) is 18.6 Å². The second kappa shape index (κ2) is 7.41. The highest BCUT2D eigenvalue weighted by Crippen LogP contribution is 2.33. The number of hydrogen-bond donors (Lipinski definition) is 1. The molecule has 20 heavy (non-hydrogen) atoms. The van der Waals surface area contributed by atoms with Crippen LogP contribution in [0.4, 0.5) is 0 Å². The molecule has 2 N–H and O–H groups in total. The molecule has 0 amide bonds. The zero-order valence-electron chi connectivity index (χ0n) is 13.0. The van der Waals surface area contributed by atoms with Crippen LogP contribution in [0.1, 0.15) is 46.0 Å². The first-order valence-electron chi connectivity index (χ1n) is 8.26. The molecule has 4 heteroatoms. The van der Waals surface area contributed by atoms with Crippen LogP contribution in [0.2, 0.25) is 0 Å². The van der Waals surface area contributed by atoms with Gasteiger partial charge in [0, 0.05) is 6.04 Å². The summed E-state index contributed by atoms with van der Waals surface area (Å²) in [5.74, 6) is 1.57. The van der Waals surface area contributed by atoms with Crippen molar-refractivity contribution in [1.29, 1.82) is 0 Å². The molecule has 3 unspecified atom stereocenters. The molecule has 2 fully saturated rings. The summed E-state index contributed by atoms with van der Waals surface area (Å²) < 4.78 is 5.14. The first-order valence-corrected chi connectivity index (χ1v) is 8.26.